The number of fused-ring (bicyclic) bond motifs is 1. The molecular weight excluding hydrogens is 258 g/mol. The Kier molecular flexibility index (Phi) is 5.88. The van der Waals surface area contributed by atoms with Crippen molar-refractivity contribution in [3.05, 3.63) is 0 Å². The Bertz CT molecular complexity index is 351. The maximum absolute atomic E-state index is 10.5. The summed E-state index contributed by atoms with van der Waals surface area (Å²) in [5, 5.41) is 10.5. The summed E-state index contributed by atoms with van der Waals surface area (Å²) in [6.07, 6.45) is 12.1. The number of hydrogen-bond acceptors (Lipinski definition) is 2. The number of aliphatic imine (C=N–C) groups is 1. The molecule has 122 valence electrons. The molecule has 0 aliphatic heterocycles. The Balaban J connectivity index is 2.07. The van der Waals surface area contributed by atoms with Crippen LogP contribution in [0.3, 0.4) is 0 Å². The standard InChI is InChI=1S/C19H35NO/c1-14(2)7-5-8-15(3)16-10-11-17-18(21)9-6-12-19(16,17)13-20-4/h13-18,21H,5-12H2,1-4H3/t15-,16+,17-,18-,19?/m0/s1. The second kappa shape index (κ2) is 7.26. The molecule has 0 aromatic heterocycles. The molecule has 2 aliphatic carbocycles. The van der Waals surface area contributed by atoms with Crippen molar-refractivity contribution in [3.8, 4) is 0 Å². The third kappa shape index (κ3) is 3.52. The molecule has 0 aromatic carbocycles. The molecule has 5 atom stereocenters. The first kappa shape index (κ1) is 17.0. The van der Waals surface area contributed by atoms with Gasteiger partial charge in [-0.05, 0) is 55.8 Å². The summed E-state index contributed by atoms with van der Waals surface area (Å²) in [5.74, 6) is 2.77. The van der Waals surface area contributed by atoms with Crippen LogP contribution in [-0.2, 0) is 0 Å². The monoisotopic (exact) mass is 293 g/mol. The molecule has 2 fully saturated rings. The van der Waals surface area contributed by atoms with E-state index in [-0.39, 0.29) is 11.5 Å². The second-order valence-corrected chi connectivity index (χ2v) is 8.05. The van der Waals surface area contributed by atoms with Gasteiger partial charge >= 0.3 is 0 Å². The van der Waals surface area contributed by atoms with Crippen LogP contribution in [0.2, 0.25) is 0 Å². The zero-order chi connectivity index (χ0) is 15.5. The fraction of sp³-hybridized carbons (Fsp3) is 0.947. The Morgan fingerprint density at radius 2 is 1.95 bits per heavy atom. The summed E-state index contributed by atoms with van der Waals surface area (Å²) in [4.78, 5) is 4.43. The lowest BCUT2D eigenvalue weighted by molar-refractivity contribution is 0.00380. The van der Waals surface area contributed by atoms with E-state index in [2.05, 4.69) is 32.0 Å². The Hall–Kier alpha value is -0.370. The Morgan fingerprint density at radius 1 is 1.19 bits per heavy atom. The maximum Gasteiger partial charge on any atom is 0.0577 e. The molecule has 21 heavy (non-hydrogen) atoms. The molecule has 0 aromatic rings. The van der Waals surface area contributed by atoms with Gasteiger partial charge in [0.15, 0.2) is 0 Å². The van der Waals surface area contributed by atoms with Gasteiger partial charge < -0.3 is 10.1 Å². The van der Waals surface area contributed by atoms with E-state index in [1.165, 1.54) is 44.9 Å². The third-order valence-corrected chi connectivity index (χ3v) is 6.24. The van der Waals surface area contributed by atoms with E-state index in [1.54, 1.807) is 0 Å². The van der Waals surface area contributed by atoms with Gasteiger partial charge in [0.05, 0.1) is 6.10 Å². The van der Waals surface area contributed by atoms with Gasteiger partial charge in [-0.2, -0.15) is 0 Å². The van der Waals surface area contributed by atoms with Gasteiger partial charge in [0.1, 0.15) is 0 Å². The molecule has 2 heteroatoms. The molecule has 0 bridgehead atoms. The quantitative estimate of drug-likeness (QED) is 0.707. The van der Waals surface area contributed by atoms with Crippen LogP contribution in [0.5, 0.6) is 0 Å². The first-order valence-corrected chi connectivity index (χ1v) is 9.12. The summed E-state index contributed by atoms with van der Waals surface area (Å²) in [6.45, 7) is 7.08. The molecular formula is C19H35NO. The molecule has 0 saturated heterocycles. The van der Waals surface area contributed by atoms with E-state index in [9.17, 15) is 5.11 Å². The SMILES string of the molecule is CN=CC12CCC[C@H](O)[C@@H]1CC[C@@H]2[C@@H](C)CCCC(C)C. The number of aliphatic hydroxyl groups is 1. The zero-order valence-corrected chi connectivity index (χ0v) is 14.5. The highest BCUT2D eigenvalue weighted by Gasteiger charge is 2.54. The van der Waals surface area contributed by atoms with E-state index in [0.29, 0.717) is 5.92 Å². The molecule has 1 N–H and O–H groups in total. The van der Waals surface area contributed by atoms with Crippen LogP contribution in [0.15, 0.2) is 4.99 Å². The van der Waals surface area contributed by atoms with Crippen LogP contribution in [-0.4, -0.2) is 24.5 Å². The van der Waals surface area contributed by atoms with Gasteiger partial charge in [0.2, 0.25) is 0 Å². The van der Waals surface area contributed by atoms with Crippen LogP contribution in [0.4, 0.5) is 0 Å². The molecule has 0 amide bonds. The summed E-state index contributed by atoms with van der Waals surface area (Å²) in [7, 11) is 1.91. The normalized spacial score (nSPS) is 38.1. The zero-order valence-electron chi connectivity index (χ0n) is 14.5. The molecule has 0 heterocycles. The summed E-state index contributed by atoms with van der Waals surface area (Å²) < 4.78 is 0. The van der Waals surface area contributed by atoms with Gasteiger partial charge in [-0.1, -0.05) is 40.0 Å². The van der Waals surface area contributed by atoms with Gasteiger partial charge in [-0.3, -0.25) is 0 Å². The van der Waals surface area contributed by atoms with E-state index in [4.69, 9.17) is 0 Å². The van der Waals surface area contributed by atoms with Gasteiger partial charge in [-0.25, -0.2) is 0 Å². The summed E-state index contributed by atoms with van der Waals surface area (Å²) >= 11 is 0. The molecule has 2 rings (SSSR count). The number of nitrogens with zero attached hydrogens (tertiary/aromatic N) is 1. The average molecular weight is 293 g/mol. The van der Waals surface area contributed by atoms with Gasteiger partial charge in [-0.15, -0.1) is 0 Å². The number of rotatable bonds is 6. The number of hydrogen-bond donors (Lipinski definition) is 1. The lowest BCUT2D eigenvalue weighted by Gasteiger charge is -2.45. The minimum atomic E-state index is -0.0929. The van der Waals surface area contributed by atoms with E-state index < -0.39 is 0 Å². The highest BCUT2D eigenvalue weighted by atomic mass is 16.3. The van der Waals surface area contributed by atoms with Crippen molar-refractivity contribution < 1.29 is 5.11 Å². The van der Waals surface area contributed by atoms with Crippen molar-refractivity contribution in [2.45, 2.75) is 78.2 Å². The number of aliphatic hydroxyl groups excluding tert-OH is 1. The molecule has 2 aliphatic rings. The van der Waals surface area contributed by atoms with Crippen molar-refractivity contribution in [1.82, 2.24) is 0 Å². The van der Waals surface area contributed by atoms with Crippen molar-refractivity contribution in [3.63, 3.8) is 0 Å². The van der Waals surface area contributed by atoms with Crippen LogP contribution >= 0.6 is 0 Å². The molecule has 2 saturated carbocycles. The Morgan fingerprint density at radius 3 is 2.62 bits per heavy atom. The van der Waals surface area contributed by atoms with Crippen molar-refractivity contribution in [2.75, 3.05) is 7.05 Å². The van der Waals surface area contributed by atoms with Gasteiger partial charge in [0, 0.05) is 18.7 Å². The van der Waals surface area contributed by atoms with Crippen molar-refractivity contribution in [1.29, 1.82) is 0 Å². The molecule has 2 nitrogen and oxygen atoms in total. The summed E-state index contributed by atoms with van der Waals surface area (Å²) in [5.41, 5.74) is 0.198. The van der Waals surface area contributed by atoms with Crippen LogP contribution < -0.4 is 0 Å². The van der Waals surface area contributed by atoms with Crippen molar-refractivity contribution in [2.24, 2.45) is 34.1 Å². The van der Waals surface area contributed by atoms with E-state index >= 15 is 0 Å². The minimum Gasteiger partial charge on any atom is -0.393 e. The summed E-state index contributed by atoms with van der Waals surface area (Å²) in [6, 6.07) is 0. The lowest BCUT2D eigenvalue weighted by Crippen LogP contribution is -2.44. The van der Waals surface area contributed by atoms with Crippen molar-refractivity contribution >= 4 is 6.21 Å². The Labute approximate surface area is 131 Å². The highest BCUT2D eigenvalue weighted by molar-refractivity contribution is 5.68. The predicted octanol–water partition coefficient (Wildman–Crippen LogP) is 4.71. The van der Waals surface area contributed by atoms with Crippen LogP contribution in [0.25, 0.3) is 0 Å². The van der Waals surface area contributed by atoms with Crippen LogP contribution in [0.1, 0.15) is 72.1 Å². The second-order valence-electron chi connectivity index (χ2n) is 8.05. The fourth-order valence-electron chi connectivity index (χ4n) is 5.27. The first-order valence-electron chi connectivity index (χ1n) is 9.12. The molecule has 0 spiro atoms. The fourth-order valence-corrected chi connectivity index (χ4v) is 5.27. The van der Waals surface area contributed by atoms with E-state index in [1.807, 2.05) is 7.05 Å². The predicted molar refractivity (Wildman–Crippen MR) is 90.8 cm³/mol. The molecule has 0 radical (unpaired) electrons. The topological polar surface area (TPSA) is 32.6 Å². The van der Waals surface area contributed by atoms with Crippen LogP contribution in [0, 0.1) is 29.1 Å². The van der Waals surface area contributed by atoms with E-state index in [0.717, 1.165) is 24.2 Å². The lowest BCUT2D eigenvalue weighted by atomic mass is 9.61. The minimum absolute atomic E-state index is 0.0929. The maximum atomic E-state index is 10.5. The average Bonchev–Trinajstić information content (AvgIpc) is 2.79. The first-order chi connectivity index (χ1) is 10.0. The van der Waals surface area contributed by atoms with Gasteiger partial charge in [0.25, 0.3) is 0 Å². The smallest absolute Gasteiger partial charge is 0.0577 e. The third-order valence-electron chi connectivity index (χ3n) is 6.24. The highest BCUT2D eigenvalue weighted by Crippen LogP contribution is 2.57. The largest absolute Gasteiger partial charge is 0.393 e. The molecule has 1 unspecified atom stereocenters.